The molecule has 1 heterocycles. The predicted octanol–water partition coefficient (Wildman–Crippen LogP) is 3.58. The summed E-state index contributed by atoms with van der Waals surface area (Å²) in [5, 5.41) is 2.04. The molecule has 17 heavy (non-hydrogen) atoms. The minimum atomic E-state index is -0.0621. The number of allylic oxidation sites excluding steroid dienone is 2. The molecule has 1 unspecified atom stereocenters. The van der Waals surface area contributed by atoms with Gasteiger partial charge in [-0.3, -0.25) is 4.79 Å². The van der Waals surface area contributed by atoms with Gasteiger partial charge in [0.2, 0.25) is 0 Å². The fourth-order valence-corrected chi connectivity index (χ4v) is 2.68. The Hall–Kier alpha value is -1.09. The summed E-state index contributed by atoms with van der Waals surface area (Å²) in [6.45, 7) is 0.591. The van der Waals surface area contributed by atoms with Crippen LogP contribution in [0.5, 0.6) is 0 Å². The van der Waals surface area contributed by atoms with Crippen LogP contribution < -0.4 is 0 Å². The van der Waals surface area contributed by atoms with E-state index in [4.69, 9.17) is 4.74 Å². The van der Waals surface area contributed by atoms with Crippen molar-refractivity contribution in [3.05, 3.63) is 34.5 Å². The van der Waals surface area contributed by atoms with Crippen molar-refractivity contribution >= 4 is 17.3 Å². The molecule has 92 valence electrons. The number of hydrogen-bond acceptors (Lipinski definition) is 3. The Balaban J connectivity index is 1.62. The van der Waals surface area contributed by atoms with Crippen molar-refractivity contribution in [3.63, 3.8) is 0 Å². The van der Waals surface area contributed by atoms with Crippen LogP contribution in [0.15, 0.2) is 29.7 Å². The van der Waals surface area contributed by atoms with Gasteiger partial charge >= 0.3 is 5.97 Å². The van der Waals surface area contributed by atoms with Gasteiger partial charge in [-0.25, -0.2) is 0 Å². The molecule has 1 aliphatic carbocycles. The van der Waals surface area contributed by atoms with E-state index in [-0.39, 0.29) is 5.97 Å². The first-order valence-corrected chi connectivity index (χ1v) is 7.05. The van der Waals surface area contributed by atoms with Crippen molar-refractivity contribution in [1.29, 1.82) is 0 Å². The number of carbonyl (C=O) groups excluding carboxylic acids is 1. The van der Waals surface area contributed by atoms with Crippen LogP contribution >= 0.6 is 11.3 Å². The molecule has 1 aliphatic rings. The van der Waals surface area contributed by atoms with Gasteiger partial charge in [-0.15, -0.1) is 11.3 Å². The minimum absolute atomic E-state index is 0.0621. The monoisotopic (exact) mass is 250 g/mol. The maximum absolute atomic E-state index is 11.5. The Labute approximate surface area is 106 Å². The largest absolute Gasteiger partial charge is 0.465 e. The maximum Gasteiger partial charge on any atom is 0.306 e. The summed E-state index contributed by atoms with van der Waals surface area (Å²) in [7, 11) is 0. The lowest BCUT2D eigenvalue weighted by molar-refractivity contribution is -0.145. The molecule has 1 aromatic heterocycles. The second-order valence-electron chi connectivity index (χ2n) is 4.41. The topological polar surface area (TPSA) is 26.3 Å². The summed E-state index contributed by atoms with van der Waals surface area (Å²) in [6.07, 6.45) is 9.03. The third kappa shape index (κ3) is 4.35. The van der Waals surface area contributed by atoms with Gasteiger partial charge in [0.1, 0.15) is 0 Å². The number of thiophene rings is 1. The molecule has 0 saturated heterocycles. The molecule has 2 nitrogen and oxygen atoms in total. The average Bonchev–Trinajstić information content (AvgIpc) is 2.88. The Morgan fingerprint density at radius 1 is 1.47 bits per heavy atom. The molecule has 1 atom stereocenters. The van der Waals surface area contributed by atoms with E-state index in [1.807, 2.05) is 11.4 Å². The molecule has 3 heteroatoms. The Morgan fingerprint density at radius 2 is 2.41 bits per heavy atom. The summed E-state index contributed by atoms with van der Waals surface area (Å²) < 4.78 is 5.31. The normalized spacial score (nSPS) is 19.2. The van der Waals surface area contributed by atoms with Crippen LogP contribution in [0.2, 0.25) is 0 Å². The van der Waals surface area contributed by atoms with Gasteiger partial charge in [0, 0.05) is 4.88 Å². The number of esters is 1. The van der Waals surface area contributed by atoms with Gasteiger partial charge in [-0.1, -0.05) is 18.2 Å². The highest BCUT2D eigenvalue weighted by Gasteiger charge is 2.12. The molecule has 0 spiro atoms. The Morgan fingerprint density at radius 3 is 3.12 bits per heavy atom. The smallest absolute Gasteiger partial charge is 0.306 e. The fraction of sp³-hybridized carbons (Fsp3) is 0.500. The lowest BCUT2D eigenvalue weighted by Crippen LogP contribution is -2.15. The standard InChI is InChI=1S/C14H18O2S/c15-14(9-8-13-7-4-10-17-13)16-11-12-5-2-1-3-6-12/h1-2,4,7,10,12H,3,5-6,8-9,11H2. The van der Waals surface area contributed by atoms with Gasteiger partial charge < -0.3 is 4.74 Å². The lowest BCUT2D eigenvalue weighted by atomic mass is 9.95. The molecular formula is C14H18O2S. The van der Waals surface area contributed by atoms with Crippen LogP contribution in [0.3, 0.4) is 0 Å². The number of aryl methyl sites for hydroxylation is 1. The van der Waals surface area contributed by atoms with Gasteiger partial charge in [0.25, 0.3) is 0 Å². The molecule has 0 fully saturated rings. The summed E-state index contributed by atoms with van der Waals surface area (Å²) in [5.41, 5.74) is 0. The van der Waals surface area contributed by atoms with Crippen LogP contribution in [-0.4, -0.2) is 12.6 Å². The number of ether oxygens (including phenoxy) is 1. The molecule has 1 aromatic rings. The highest BCUT2D eigenvalue weighted by molar-refractivity contribution is 7.09. The molecule has 0 amide bonds. The number of carbonyl (C=O) groups is 1. The molecule has 0 saturated carbocycles. The van der Waals surface area contributed by atoms with Crippen molar-refractivity contribution in [3.8, 4) is 0 Å². The van der Waals surface area contributed by atoms with Crippen molar-refractivity contribution < 1.29 is 9.53 Å². The second kappa shape index (κ2) is 6.60. The molecular weight excluding hydrogens is 232 g/mol. The first-order valence-electron chi connectivity index (χ1n) is 6.17. The molecule has 0 radical (unpaired) electrons. The van der Waals surface area contributed by atoms with E-state index in [0.717, 1.165) is 25.7 Å². The zero-order valence-electron chi connectivity index (χ0n) is 9.93. The third-order valence-electron chi connectivity index (χ3n) is 3.01. The van der Waals surface area contributed by atoms with Crippen LogP contribution in [0, 0.1) is 5.92 Å². The molecule has 0 N–H and O–H groups in total. The van der Waals surface area contributed by atoms with Gasteiger partial charge in [-0.05, 0) is 43.0 Å². The van der Waals surface area contributed by atoms with E-state index in [9.17, 15) is 4.79 Å². The van der Waals surface area contributed by atoms with Gasteiger partial charge in [0.05, 0.1) is 13.0 Å². The van der Waals surface area contributed by atoms with E-state index >= 15 is 0 Å². The summed E-state index contributed by atoms with van der Waals surface area (Å²) in [4.78, 5) is 12.8. The molecule has 0 bridgehead atoms. The fourth-order valence-electron chi connectivity index (χ4n) is 1.97. The van der Waals surface area contributed by atoms with Crippen LogP contribution in [0.25, 0.3) is 0 Å². The second-order valence-corrected chi connectivity index (χ2v) is 5.45. The SMILES string of the molecule is O=C(CCc1cccs1)OCC1CC=CCC1. The van der Waals surface area contributed by atoms with Crippen LogP contribution in [0.4, 0.5) is 0 Å². The number of hydrogen-bond donors (Lipinski definition) is 0. The maximum atomic E-state index is 11.5. The zero-order chi connectivity index (χ0) is 11.9. The quantitative estimate of drug-likeness (QED) is 0.590. The zero-order valence-corrected chi connectivity index (χ0v) is 10.7. The van der Waals surface area contributed by atoms with E-state index in [2.05, 4.69) is 18.2 Å². The van der Waals surface area contributed by atoms with E-state index in [1.165, 1.54) is 4.88 Å². The first-order chi connectivity index (χ1) is 8.34. The minimum Gasteiger partial charge on any atom is -0.465 e. The summed E-state index contributed by atoms with van der Waals surface area (Å²) in [5.74, 6) is 0.471. The van der Waals surface area contributed by atoms with Crippen molar-refractivity contribution in [2.45, 2.75) is 32.1 Å². The van der Waals surface area contributed by atoms with Crippen LogP contribution in [-0.2, 0) is 16.0 Å². The average molecular weight is 250 g/mol. The summed E-state index contributed by atoms with van der Waals surface area (Å²) >= 11 is 1.69. The van der Waals surface area contributed by atoms with Crippen molar-refractivity contribution in [1.82, 2.24) is 0 Å². The first kappa shape index (κ1) is 12.4. The van der Waals surface area contributed by atoms with Crippen molar-refractivity contribution in [2.24, 2.45) is 5.92 Å². The van der Waals surface area contributed by atoms with E-state index < -0.39 is 0 Å². The van der Waals surface area contributed by atoms with Gasteiger partial charge in [-0.2, -0.15) is 0 Å². The molecule has 0 aromatic carbocycles. The summed E-state index contributed by atoms with van der Waals surface area (Å²) in [6, 6.07) is 4.07. The van der Waals surface area contributed by atoms with Gasteiger partial charge in [0.15, 0.2) is 0 Å². The Bertz CT molecular complexity index is 368. The number of rotatable bonds is 5. The molecule has 0 aliphatic heterocycles. The van der Waals surface area contributed by atoms with Crippen LogP contribution in [0.1, 0.15) is 30.6 Å². The highest BCUT2D eigenvalue weighted by atomic mass is 32.1. The Kier molecular flexibility index (Phi) is 4.80. The molecule has 2 rings (SSSR count). The predicted molar refractivity (Wildman–Crippen MR) is 70.1 cm³/mol. The van der Waals surface area contributed by atoms with E-state index in [1.54, 1.807) is 11.3 Å². The third-order valence-corrected chi connectivity index (χ3v) is 3.95. The van der Waals surface area contributed by atoms with Crippen molar-refractivity contribution in [2.75, 3.05) is 6.61 Å². The van der Waals surface area contributed by atoms with E-state index in [0.29, 0.717) is 18.9 Å². The lowest BCUT2D eigenvalue weighted by Gasteiger charge is -2.17. The highest BCUT2D eigenvalue weighted by Crippen LogP contribution is 2.18.